The van der Waals surface area contributed by atoms with Crippen LogP contribution in [0.15, 0.2) is 71.6 Å². The fourth-order valence-electron chi connectivity index (χ4n) is 6.18. The molecule has 3 saturated heterocycles. The SMILES string of the molecule is COc1ccc(S(=O)(=O)N2CCC(Oc3ccccc3)C2)cc1N1C2CCC1CN(C(=O)c1ccc(F)cc1Cl)C2. The average Bonchev–Trinajstić information content (AvgIpc) is 3.54. The summed E-state index contributed by atoms with van der Waals surface area (Å²) in [6, 6.07) is 18.1. The predicted molar refractivity (Wildman–Crippen MR) is 154 cm³/mol. The standard InChI is InChI=1S/C30H31ClFN3O5S/c1-39-29-12-10-25(41(37,38)34-14-13-24(19-34)40-23-5-3-2-4-6-23)16-28(29)35-21-8-9-22(35)18-33(17-21)30(36)26-11-7-20(32)15-27(26)31/h2-7,10-12,15-16,21-22,24H,8-9,13-14,17-19H2,1H3. The topological polar surface area (TPSA) is 79.4 Å². The average molecular weight is 600 g/mol. The van der Waals surface area contributed by atoms with E-state index in [0.29, 0.717) is 37.5 Å². The summed E-state index contributed by atoms with van der Waals surface area (Å²) < 4.78 is 54.1. The van der Waals surface area contributed by atoms with Crippen molar-refractivity contribution in [2.24, 2.45) is 0 Å². The van der Waals surface area contributed by atoms with Gasteiger partial charge in [-0.3, -0.25) is 4.79 Å². The van der Waals surface area contributed by atoms with Gasteiger partial charge >= 0.3 is 0 Å². The van der Waals surface area contributed by atoms with Crippen LogP contribution in [0.5, 0.6) is 11.5 Å². The molecular weight excluding hydrogens is 569 g/mol. The van der Waals surface area contributed by atoms with Gasteiger partial charge in [0.05, 0.1) is 34.8 Å². The van der Waals surface area contributed by atoms with Crippen LogP contribution < -0.4 is 14.4 Å². The monoisotopic (exact) mass is 599 g/mol. The summed E-state index contributed by atoms with van der Waals surface area (Å²) in [6.07, 6.45) is 2.07. The minimum Gasteiger partial charge on any atom is -0.495 e. The highest BCUT2D eigenvalue weighted by atomic mass is 35.5. The fraction of sp³-hybridized carbons (Fsp3) is 0.367. The fourth-order valence-corrected chi connectivity index (χ4v) is 7.94. The van der Waals surface area contributed by atoms with E-state index in [9.17, 15) is 17.6 Å². The van der Waals surface area contributed by atoms with Crippen LogP contribution in [-0.4, -0.2) is 75.0 Å². The number of hydrogen-bond acceptors (Lipinski definition) is 6. The summed E-state index contributed by atoms with van der Waals surface area (Å²) in [5.74, 6) is 0.565. The Hall–Kier alpha value is -3.34. The van der Waals surface area contributed by atoms with Crippen LogP contribution in [0.1, 0.15) is 29.6 Å². The van der Waals surface area contributed by atoms with Gasteiger partial charge in [0.25, 0.3) is 5.91 Å². The number of amides is 1. The van der Waals surface area contributed by atoms with Gasteiger partial charge in [-0.15, -0.1) is 0 Å². The number of carbonyl (C=O) groups excluding carboxylic acids is 1. The maximum Gasteiger partial charge on any atom is 0.255 e. The molecule has 216 valence electrons. The van der Waals surface area contributed by atoms with Gasteiger partial charge in [0.2, 0.25) is 10.0 Å². The summed E-state index contributed by atoms with van der Waals surface area (Å²) in [4.78, 5) is 17.4. The molecule has 3 aliphatic rings. The zero-order chi connectivity index (χ0) is 28.7. The van der Waals surface area contributed by atoms with Gasteiger partial charge < -0.3 is 19.3 Å². The number of methoxy groups -OCH3 is 1. The van der Waals surface area contributed by atoms with E-state index < -0.39 is 15.8 Å². The number of rotatable bonds is 7. The molecule has 0 N–H and O–H groups in total. The van der Waals surface area contributed by atoms with Crippen LogP contribution >= 0.6 is 11.6 Å². The van der Waals surface area contributed by atoms with Crippen molar-refractivity contribution in [1.82, 2.24) is 9.21 Å². The molecule has 0 saturated carbocycles. The van der Waals surface area contributed by atoms with Gasteiger partial charge in [-0.05, 0) is 67.8 Å². The zero-order valence-electron chi connectivity index (χ0n) is 22.6. The van der Waals surface area contributed by atoms with Crippen molar-refractivity contribution >= 4 is 33.2 Å². The van der Waals surface area contributed by atoms with Crippen LogP contribution in [0.2, 0.25) is 5.02 Å². The molecule has 0 spiro atoms. The van der Waals surface area contributed by atoms with E-state index in [4.69, 9.17) is 21.1 Å². The van der Waals surface area contributed by atoms with Gasteiger partial charge in [0.15, 0.2) is 0 Å². The van der Waals surface area contributed by atoms with Crippen molar-refractivity contribution < 1.29 is 27.1 Å². The summed E-state index contributed by atoms with van der Waals surface area (Å²) >= 11 is 6.18. The van der Waals surface area contributed by atoms with Crippen LogP contribution in [0.4, 0.5) is 10.1 Å². The third-order valence-electron chi connectivity index (χ3n) is 8.15. The Morgan fingerprint density at radius 1 is 0.951 bits per heavy atom. The molecule has 41 heavy (non-hydrogen) atoms. The lowest BCUT2D eigenvalue weighted by atomic mass is 10.1. The minimum absolute atomic E-state index is 0.0285. The van der Waals surface area contributed by atoms with Crippen molar-refractivity contribution in [2.75, 3.05) is 38.2 Å². The number of carbonyl (C=O) groups is 1. The number of likely N-dealkylation sites (tertiary alicyclic amines) is 1. The molecule has 3 unspecified atom stereocenters. The third kappa shape index (κ3) is 5.36. The molecule has 3 heterocycles. The molecule has 11 heteroatoms. The Morgan fingerprint density at radius 2 is 1.68 bits per heavy atom. The van der Waals surface area contributed by atoms with E-state index in [1.165, 1.54) is 16.4 Å². The number of nitrogens with zero attached hydrogens (tertiary/aromatic N) is 3. The number of ether oxygens (including phenoxy) is 2. The predicted octanol–water partition coefficient (Wildman–Crippen LogP) is 4.82. The first kappa shape index (κ1) is 27.8. The molecule has 3 aromatic carbocycles. The first-order valence-electron chi connectivity index (χ1n) is 13.7. The molecule has 3 fully saturated rings. The lowest BCUT2D eigenvalue weighted by Gasteiger charge is -2.43. The van der Waals surface area contributed by atoms with Gasteiger partial charge in [-0.1, -0.05) is 29.8 Å². The maximum absolute atomic E-state index is 13.7. The smallest absolute Gasteiger partial charge is 0.255 e. The summed E-state index contributed by atoms with van der Waals surface area (Å²) in [7, 11) is -2.21. The minimum atomic E-state index is -3.77. The lowest BCUT2D eigenvalue weighted by molar-refractivity contribution is 0.0718. The van der Waals surface area contributed by atoms with Crippen molar-refractivity contribution in [3.8, 4) is 11.5 Å². The maximum atomic E-state index is 13.7. The molecule has 3 aromatic rings. The Bertz CT molecular complexity index is 1540. The number of sulfonamides is 1. The molecule has 1 amide bonds. The molecule has 8 nitrogen and oxygen atoms in total. The first-order valence-corrected chi connectivity index (χ1v) is 15.5. The first-order chi connectivity index (χ1) is 19.7. The van der Waals surface area contributed by atoms with E-state index in [2.05, 4.69) is 4.90 Å². The molecule has 3 atom stereocenters. The van der Waals surface area contributed by atoms with Crippen molar-refractivity contribution in [2.45, 2.75) is 42.3 Å². The Balaban J connectivity index is 1.21. The molecule has 2 bridgehead atoms. The van der Waals surface area contributed by atoms with E-state index in [1.54, 1.807) is 30.2 Å². The highest BCUT2D eigenvalue weighted by Crippen LogP contribution is 2.42. The second-order valence-electron chi connectivity index (χ2n) is 10.7. The quantitative estimate of drug-likeness (QED) is 0.387. The second kappa shape index (κ2) is 11.2. The number of hydrogen-bond donors (Lipinski definition) is 0. The zero-order valence-corrected chi connectivity index (χ0v) is 24.2. The third-order valence-corrected chi connectivity index (χ3v) is 10.3. The highest BCUT2D eigenvalue weighted by molar-refractivity contribution is 7.89. The number of fused-ring (bicyclic) bond motifs is 2. The molecular formula is C30H31ClFN3O5S. The normalized spacial score (nSPS) is 22.7. The molecule has 0 aliphatic carbocycles. The Labute approximate surface area is 244 Å². The van der Waals surface area contributed by atoms with Gasteiger partial charge in [-0.25, -0.2) is 12.8 Å². The van der Waals surface area contributed by atoms with Crippen LogP contribution in [0.3, 0.4) is 0 Å². The number of benzene rings is 3. The second-order valence-corrected chi connectivity index (χ2v) is 13.0. The van der Waals surface area contributed by atoms with Crippen molar-refractivity contribution in [3.63, 3.8) is 0 Å². The highest BCUT2D eigenvalue weighted by Gasteiger charge is 2.43. The van der Waals surface area contributed by atoms with Gasteiger partial charge in [-0.2, -0.15) is 4.31 Å². The molecule has 0 radical (unpaired) electrons. The van der Waals surface area contributed by atoms with Gasteiger partial charge in [0, 0.05) is 31.7 Å². The lowest BCUT2D eigenvalue weighted by Crippen LogP contribution is -2.55. The van der Waals surface area contributed by atoms with E-state index >= 15 is 0 Å². The summed E-state index contributed by atoms with van der Waals surface area (Å²) in [5, 5.41) is 0.0858. The number of para-hydroxylation sites is 1. The summed E-state index contributed by atoms with van der Waals surface area (Å²) in [5.41, 5.74) is 0.969. The molecule has 3 aliphatic heterocycles. The van der Waals surface area contributed by atoms with E-state index in [-0.39, 0.29) is 46.1 Å². The van der Waals surface area contributed by atoms with Crippen molar-refractivity contribution in [1.29, 1.82) is 0 Å². The largest absolute Gasteiger partial charge is 0.495 e. The van der Waals surface area contributed by atoms with Crippen LogP contribution in [0.25, 0.3) is 0 Å². The van der Waals surface area contributed by atoms with Crippen LogP contribution in [-0.2, 0) is 10.0 Å². The van der Waals surface area contributed by atoms with E-state index in [0.717, 1.165) is 24.7 Å². The molecule has 0 aromatic heterocycles. The van der Waals surface area contributed by atoms with Crippen molar-refractivity contribution in [3.05, 3.63) is 83.1 Å². The number of anilines is 1. The van der Waals surface area contributed by atoms with Crippen LogP contribution in [0, 0.1) is 5.82 Å². The number of halogens is 2. The summed E-state index contributed by atoms with van der Waals surface area (Å²) in [6.45, 7) is 1.53. The van der Waals surface area contributed by atoms with E-state index in [1.807, 2.05) is 30.3 Å². The number of piperazine rings is 1. The molecule has 6 rings (SSSR count). The Morgan fingerprint density at radius 3 is 2.37 bits per heavy atom. The van der Waals surface area contributed by atoms with Gasteiger partial charge in [0.1, 0.15) is 23.4 Å². The Kier molecular flexibility index (Phi) is 7.56.